The number of carbonyl (C=O) groups excluding carboxylic acids is 3. The van der Waals surface area contributed by atoms with Gasteiger partial charge < -0.3 is 15.1 Å². The molecule has 6 heteroatoms. The normalized spacial score (nSPS) is 27.7. The quantitative estimate of drug-likeness (QED) is 0.846. The average Bonchev–Trinajstić information content (AvgIpc) is 3.26. The Hall–Kier alpha value is -2.37. The summed E-state index contributed by atoms with van der Waals surface area (Å²) in [5.74, 6) is 0.489. The molecule has 2 heterocycles. The van der Waals surface area contributed by atoms with E-state index in [0.717, 1.165) is 44.3 Å². The fraction of sp³-hybridized carbons (Fsp3) is 0.609. The molecule has 1 N–H and O–H groups in total. The van der Waals surface area contributed by atoms with Gasteiger partial charge in [-0.05, 0) is 42.6 Å². The van der Waals surface area contributed by atoms with Gasteiger partial charge in [-0.25, -0.2) is 0 Å². The van der Waals surface area contributed by atoms with Gasteiger partial charge in [-0.15, -0.1) is 0 Å². The smallest absolute Gasteiger partial charge is 0.228 e. The predicted octanol–water partition coefficient (Wildman–Crippen LogP) is 1.84. The Kier molecular flexibility index (Phi) is 5.13. The fourth-order valence-corrected chi connectivity index (χ4v) is 6.10. The zero-order valence-corrected chi connectivity index (χ0v) is 17.4. The van der Waals surface area contributed by atoms with E-state index in [1.807, 2.05) is 40.1 Å². The molecule has 0 aromatic heterocycles. The first kappa shape index (κ1) is 19.9. The van der Waals surface area contributed by atoms with Crippen molar-refractivity contribution in [2.45, 2.75) is 39.0 Å². The Labute approximate surface area is 172 Å². The Morgan fingerprint density at radius 1 is 1.03 bits per heavy atom. The van der Waals surface area contributed by atoms with Crippen LogP contribution in [0.15, 0.2) is 30.3 Å². The topological polar surface area (TPSA) is 69.7 Å². The Morgan fingerprint density at radius 2 is 1.72 bits per heavy atom. The van der Waals surface area contributed by atoms with E-state index in [-0.39, 0.29) is 29.1 Å². The number of amides is 3. The standard InChI is InChI=1S/C23H31N3O3/c1-17(27)26-15-19-22(8-9-23(19,16-26)21(29)24-2)10-12-25(13-11-22)20(28)14-18-6-4-3-5-7-18/h3-7,19H,8-16H2,1-2H3,(H,24,29)/t19-,23+/m0/s1. The minimum absolute atomic E-state index is 0.0494. The number of fused-ring (bicyclic) bond motifs is 2. The highest BCUT2D eigenvalue weighted by Crippen LogP contribution is 2.62. The van der Waals surface area contributed by atoms with Crippen LogP contribution in [0.2, 0.25) is 0 Å². The average molecular weight is 398 g/mol. The van der Waals surface area contributed by atoms with E-state index in [1.165, 1.54) is 0 Å². The van der Waals surface area contributed by atoms with Crippen LogP contribution >= 0.6 is 0 Å². The van der Waals surface area contributed by atoms with Crippen LogP contribution in [-0.4, -0.2) is 60.7 Å². The van der Waals surface area contributed by atoms with Crippen LogP contribution in [0.1, 0.15) is 38.2 Å². The molecule has 3 aliphatic rings. The molecule has 2 aliphatic heterocycles. The summed E-state index contributed by atoms with van der Waals surface area (Å²) in [6.07, 6.45) is 4.12. The highest BCUT2D eigenvalue weighted by atomic mass is 16.2. The molecule has 1 aromatic carbocycles. The third-order valence-corrected chi connectivity index (χ3v) is 7.79. The molecule has 6 nitrogen and oxygen atoms in total. The van der Waals surface area contributed by atoms with E-state index < -0.39 is 5.41 Å². The van der Waals surface area contributed by atoms with E-state index in [1.54, 1.807) is 14.0 Å². The molecule has 2 saturated heterocycles. The van der Waals surface area contributed by atoms with Gasteiger partial charge in [-0.3, -0.25) is 14.4 Å². The lowest BCUT2D eigenvalue weighted by Gasteiger charge is -2.44. The lowest BCUT2D eigenvalue weighted by molar-refractivity contribution is -0.136. The van der Waals surface area contributed by atoms with E-state index in [0.29, 0.717) is 19.5 Å². The van der Waals surface area contributed by atoms with E-state index in [4.69, 9.17) is 0 Å². The van der Waals surface area contributed by atoms with Crippen LogP contribution < -0.4 is 5.32 Å². The Morgan fingerprint density at radius 3 is 2.34 bits per heavy atom. The molecule has 0 bridgehead atoms. The summed E-state index contributed by atoms with van der Waals surface area (Å²) in [5.41, 5.74) is 0.641. The largest absolute Gasteiger partial charge is 0.359 e. The fourth-order valence-electron chi connectivity index (χ4n) is 6.10. The maximum atomic E-state index is 12.9. The second kappa shape index (κ2) is 7.47. The lowest BCUT2D eigenvalue weighted by Crippen LogP contribution is -2.49. The minimum atomic E-state index is -0.462. The summed E-state index contributed by atoms with van der Waals surface area (Å²) in [5, 5.41) is 2.86. The first-order valence-corrected chi connectivity index (χ1v) is 10.7. The van der Waals surface area contributed by atoms with Gasteiger partial charge >= 0.3 is 0 Å². The minimum Gasteiger partial charge on any atom is -0.359 e. The van der Waals surface area contributed by atoms with Crippen molar-refractivity contribution in [3.8, 4) is 0 Å². The zero-order chi connectivity index (χ0) is 20.6. The van der Waals surface area contributed by atoms with Gasteiger partial charge in [0.05, 0.1) is 11.8 Å². The number of hydrogen-bond acceptors (Lipinski definition) is 3. The molecule has 0 radical (unpaired) electrons. The summed E-state index contributed by atoms with van der Waals surface area (Å²) in [6, 6.07) is 9.88. The van der Waals surface area contributed by atoms with Gasteiger partial charge in [0, 0.05) is 40.2 Å². The highest BCUT2D eigenvalue weighted by molar-refractivity contribution is 5.86. The SMILES string of the molecule is CNC(=O)[C@@]12CCC3(CCN(C(=O)Cc4ccccc4)CC3)[C@@H]1CN(C(C)=O)C2. The van der Waals surface area contributed by atoms with Crippen LogP contribution in [0.3, 0.4) is 0 Å². The predicted molar refractivity (Wildman–Crippen MR) is 110 cm³/mol. The van der Waals surface area contributed by atoms with Crippen LogP contribution in [0, 0.1) is 16.7 Å². The van der Waals surface area contributed by atoms with Crippen molar-refractivity contribution in [3.05, 3.63) is 35.9 Å². The molecule has 3 amide bonds. The number of piperidine rings is 1. The second-order valence-corrected chi connectivity index (χ2v) is 9.09. The number of nitrogens with one attached hydrogen (secondary N) is 1. The van der Waals surface area contributed by atoms with Gasteiger partial charge in [0.1, 0.15) is 0 Å². The maximum Gasteiger partial charge on any atom is 0.228 e. The summed E-state index contributed by atoms with van der Waals surface area (Å²) < 4.78 is 0. The molecule has 4 rings (SSSR count). The van der Waals surface area contributed by atoms with Crippen molar-refractivity contribution < 1.29 is 14.4 Å². The number of hydrogen-bond donors (Lipinski definition) is 1. The summed E-state index contributed by atoms with van der Waals surface area (Å²) in [4.78, 5) is 41.5. The van der Waals surface area contributed by atoms with Crippen LogP contribution in [0.4, 0.5) is 0 Å². The van der Waals surface area contributed by atoms with Crippen molar-refractivity contribution in [2.75, 3.05) is 33.2 Å². The molecule has 29 heavy (non-hydrogen) atoms. The molecule has 3 fully saturated rings. The van der Waals surface area contributed by atoms with Gasteiger partial charge in [-0.2, -0.15) is 0 Å². The molecule has 0 unspecified atom stereocenters. The summed E-state index contributed by atoms with van der Waals surface area (Å²) in [6.45, 7) is 4.28. The molecule has 2 atom stereocenters. The molecule has 156 valence electrons. The second-order valence-electron chi connectivity index (χ2n) is 9.09. The molecule has 1 aliphatic carbocycles. The van der Waals surface area contributed by atoms with Gasteiger partial charge in [-0.1, -0.05) is 30.3 Å². The lowest BCUT2D eigenvalue weighted by atomic mass is 9.65. The Balaban J connectivity index is 1.47. The van der Waals surface area contributed by atoms with Crippen molar-refractivity contribution in [1.82, 2.24) is 15.1 Å². The third kappa shape index (κ3) is 3.32. The molecular formula is C23H31N3O3. The van der Waals surface area contributed by atoms with Crippen LogP contribution in [0.25, 0.3) is 0 Å². The monoisotopic (exact) mass is 397 g/mol. The number of rotatable bonds is 3. The summed E-state index contributed by atoms with van der Waals surface area (Å²) in [7, 11) is 1.69. The zero-order valence-electron chi connectivity index (χ0n) is 17.4. The number of likely N-dealkylation sites (tertiary alicyclic amines) is 2. The Bertz CT molecular complexity index is 801. The third-order valence-electron chi connectivity index (χ3n) is 7.79. The molecule has 1 saturated carbocycles. The van der Waals surface area contributed by atoms with Crippen molar-refractivity contribution in [3.63, 3.8) is 0 Å². The number of carbonyl (C=O) groups is 3. The molecule has 1 aromatic rings. The van der Waals surface area contributed by atoms with E-state index >= 15 is 0 Å². The first-order valence-electron chi connectivity index (χ1n) is 10.7. The molecule has 1 spiro atoms. The van der Waals surface area contributed by atoms with Gasteiger partial charge in [0.2, 0.25) is 17.7 Å². The van der Waals surface area contributed by atoms with E-state index in [2.05, 4.69) is 5.32 Å². The van der Waals surface area contributed by atoms with Crippen molar-refractivity contribution in [1.29, 1.82) is 0 Å². The highest BCUT2D eigenvalue weighted by Gasteiger charge is 2.64. The van der Waals surface area contributed by atoms with Crippen molar-refractivity contribution in [2.24, 2.45) is 16.7 Å². The van der Waals surface area contributed by atoms with E-state index in [9.17, 15) is 14.4 Å². The molecular weight excluding hydrogens is 366 g/mol. The summed E-state index contributed by atoms with van der Waals surface area (Å²) >= 11 is 0. The first-order chi connectivity index (χ1) is 13.9. The van der Waals surface area contributed by atoms with Crippen LogP contribution in [-0.2, 0) is 20.8 Å². The van der Waals surface area contributed by atoms with Crippen molar-refractivity contribution >= 4 is 17.7 Å². The number of benzene rings is 1. The number of nitrogens with zero attached hydrogens (tertiary/aromatic N) is 2. The van der Waals surface area contributed by atoms with Crippen LogP contribution in [0.5, 0.6) is 0 Å². The van der Waals surface area contributed by atoms with Gasteiger partial charge in [0.25, 0.3) is 0 Å². The maximum absolute atomic E-state index is 12.9. The van der Waals surface area contributed by atoms with Gasteiger partial charge in [0.15, 0.2) is 0 Å².